The number of nitrogens with zero attached hydrogens (tertiary/aromatic N) is 2. The summed E-state index contributed by atoms with van der Waals surface area (Å²) in [5, 5.41) is 0. The average Bonchev–Trinajstić information content (AvgIpc) is 3.30. The lowest BCUT2D eigenvalue weighted by atomic mass is 9.84. The van der Waals surface area contributed by atoms with Crippen LogP contribution in [0.15, 0.2) is 45.8 Å². The summed E-state index contributed by atoms with van der Waals surface area (Å²) in [5.41, 5.74) is 1.27. The minimum atomic E-state index is 0.353. The third kappa shape index (κ3) is 3.58. The van der Waals surface area contributed by atoms with Crippen molar-refractivity contribution in [1.82, 2.24) is 9.80 Å². The average molecular weight is 330 g/mol. The molecule has 0 aromatic carbocycles. The van der Waals surface area contributed by atoms with Crippen LogP contribution in [0.25, 0.3) is 0 Å². The van der Waals surface area contributed by atoms with E-state index in [4.69, 9.17) is 13.6 Å². The second-order valence-corrected chi connectivity index (χ2v) is 7.23. The molecule has 0 radical (unpaired) electrons. The summed E-state index contributed by atoms with van der Waals surface area (Å²) in [5.74, 6) is 2.36. The summed E-state index contributed by atoms with van der Waals surface area (Å²) in [6, 6.07) is 6.04. The number of likely N-dealkylation sites (tertiary alicyclic amines) is 1. The quantitative estimate of drug-likeness (QED) is 0.815. The van der Waals surface area contributed by atoms with Gasteiger partial charge in [-0.25, -0.2) is 0 Å². The molecule has 0 bridgehead atoms. The number of hydrogen-bond donors (Lipinski definition) is 0. The van der Waals surface area contributed by atoms with Gasteiger partial charge >= 0.3 is 0 Å². The van der Waals surface area contributed by atoms with Crippen LogP contribution in [0, 0.1) is 11.8 Å². The maximum Gasteiger partial charge on any atom is 0.117 e. The fourth-order valence-electron chi connectivity index (χ4n) is 4.18. The smallest absolute Gasteiger partial charge is 0.117 e. The van der Waals surface area contributed by atoms with Gasteiger partial charge in [-0.2, -0.15) is 0 Å². The van der Waals surface area contributed by atoms with Crippen LogP contribution >= 0.6 is 0 Å². The van der Waals surface area contributed by atoms with Crippen molar-refractivity contribution in [1.29, 1.82) is 0 Å². The number of furan rings is 2. The van der Waals surface area contributed by atoms with Crippen LogP contribution in [0.1, 0.15) is 17.7 Å². The lowest BCUT2D eigenvalue weighted by Crippen LogP contribution is -2.43. The van der Waals surface area contributed by atoms with E-state index in [1.807, 2.05) is 18.4 Å². The predicted molar refractivity (Wildman–Crippen MR) is 90.4 cm³/mol. The fraction of sp³-hybridized carbons (Fsp3) is 0.579. The molecule has 0 amide bonds. The highest BCUT2D eigenvalue weighted by molar-refractivity contribution is 5.05. The summed E-state index contributed by atoms with van der Waals surface area (Å²) in [6.45, 7) is 5.98. The van der Waals surface area contributed by atoms with E-state index in [1.54, 1.807) is 12.5 Å². The van der Waals surface area contributed by atoms with Crippen LogP contribution in [-0.4, -0.2) is 49.2 Å². The van der Waals surface area contributed by atoms with Gasteiger partial charge in [0.2, 0.25) is 0 Å². The zero-order chi connectivity index (χ0) is 16.4. The zero-order valence-electron chi connectivity index (χ0n) is 14.3. The number of ether oxygens (including phenoxy) is 1. The van der Waals surface area contributed by atoms with E-state index in [-0.39, 0.29) is 0 Å². The molecule has 24 heavy (non-hydrogen) atoms. The molecule has 2 fully saturated rings. The summed E-state index contributed by atoms with van der Waals surface area (Å²) >= 11 is 0. The molecule has 2 aliphatic rings. The Balaban J connectivity index is 1.28. The van der Waals surface area contributed by atoms with Gasteiger partial charge in [-0.1, -0.05) is 0 Å². The van der Waals surface area contributed by atoms with E-state index in [0.717, 1.165) is 45.1 Å². The Morgan fingerprint density at radius 1 is 1.29 bits per heavy atom. The molecule has 2 aliphatic heterocycles. The van der Waals surface area contributed by atoms with E-state index in [9.17, 15) is 0 Å². The van der Waals surface area contributed by atoms with Crippen LogP contribution in [-0.2, 0) is 17.8 Å². The molecule has 4 heterocycles. The van der Waals surface area contributed by atoms with Gasteiger partial charge in [0.25, 0.3) is 0 Å². The molecule has 3 atom stereocenters. The Labute approximate surface area is 143 Å². The molecule has 4 rings (SSSR count). The minimum Gasteiger partial charge on any atom is -0.472 e. The first-order valence-corrected chi connectivity index (χ1v) is 8.84. The van der Waals surface area contributed by atoms with Gasteiger partial charge in [0, 0.05) is 31.1 Å². The fourth-order valence-corrected chi connectivity index (χ4v) is 4.18. The highest BCUT2D eigenvalue weighted by Crippen LogP contribution is 2.35. The lowest BCUT2D eigenvalue weighted by molar-refractivity contribution is 0.0533. The Bertz CT molecular complexity index is 611. The maximum absolute atomic E-state index is 6.16. The van der Waals surface area contributed by atoms with Crippen molar-refractivity contribution in [2.75, 3.05) is 33.3 Å². The molecule has 2 saturated heterocycles. The van der Waals surface area contributed by atoms with Gasteiger partial charge in [0.15, 0.2) is 0 Å². The summed E-state index contributed by atoms with van der Waals surface area (Å²) in [6.07, 6.45) is 6.92. The molecule has 0 saturated carbocycles. The summed E-state index contributed by atoms with van der Waals surface area (Å²) in [4.78, 5) is 4.84. The van der Waals surface area contributed by atoms with Crippen molar-refractivity contribution in [3.8, 4) is 0 Å². The lowest BCUT2D eigenvalue weighted by Gasteiger charge is -2.36. The Hall–Kier alpha value is -1.56. The topological polar surface area (TPSA) is 42.0 Å². The van der Waals surface area contributed by atoms with Crippen LogP contribution in [0.5, 0.6) is 0 Å². The molecular weight excluding hydrogens is 304 g/mol. The number of likely N-dealkylation sites (N-methyl/N-ethyl adjacent to an activating group) is 1. The van der Waals surface area contributed by atoms with E-state index >= 15 is 0 Å². The SMILES string of the molecule is CN(Cc1ccco1)C[C@@H]1OC[C@H]2CN(Cc3ccoc3)CC[C@H]21. The van der Waals surface area contributed by atoms with Crippen molar-refractivity contribution in [3.05, 3.63) is 48.3 Å². The van der Waals surface area contributed by atoms with Crippen LogP contribution in [0.4, 0.5) is 0 Å². The van der Waals surface area contributed by atoms with Gasteiger partial charge in [-0.3, -0.25) is 9.80 Å². The number of piperidine rings is 1. The molecule has 5 nitrogen and oxygen atoms in total. The minimum absolute atomic E-state index is 0.353. The van der Waals surface area contributed by atoms with E-state index in [2.05, 4.69) is 22.9 Å². The third-order valence-electron chi connectivity index (χ3n) is 5.36. The predicted octanol–water partition coefficient (Wildman–Crippen LogP) is 2.84. The number of hydrogen-bond acceptors (Lipinski definition) is 5. The molecule has 2 aromatic rings. The van der Waals surface area contributed by atoms with Crippen LogP contribution in [0.3, 0.4) is 0 Å². The molecule has 130 valence electrons. The van der Waals surface area contributed by atoms with Gasteiger partial charge < -0.3 is 13.6 Å². The van der Waals surface area contributed by atoms with Crippen molar-refractivity contribution >= 4 is 0 Å². The maximum atomic E-state index is 6.16. The van der Waals surface area contributed by atoms with Gasteiger partial charge in [0.05, 0.1) is 38.0 Å². The van der Waals surface area contributed by atoms with Crippen molar-refractivity contribution in [3.63, 3.8) is 0 Å². The van der Waals surface area contributed by atoms with Crippen molar-refractivity contribution in [2.45, 2.75) is 25.6 Å². The number of rotatable bonds is 6. The van der Waals surface area contributed by atoms with Gasteiger partial charge in [-0.05, 0) is 44.1 Å². The van der Waals surface area contributed by atoms with Crippen LogP contribution < -0.4 is 0 Å². The van der Waals surface area contributed by atoms with Crippen molar-refractivity contribution < 1.29 is 13.6 Å². The Morgan fingerprint density at radius 3 is 3.04 bits per heavy atom. The molecule has 2 aromatic heterocycles. The molecule has 0 N–H and O–H groups in total. The zero-order valence-corrected chi connectivity index (χ0v) is 14.3. The first kappa shape index (κ1) is 15.9. The standard InChI is InChI=1S/C19H26N2O3/c1-20(11-17-3-2-7-23-17)12-19-18-4-6-21(10-16(18)14-24-19)9-15-5-8-22-13-15/h2-3,5,7-8,13,16,18-19H,4,6,9-12,14H2,1H3/t16-,18-,19+/m1/s1. The molecule has 0 aliphatic carbocycles. The number of fused-ring (bicyclic) bond motifs is 1. The first-order valence-electron chi connectivity index (χ1n) is 8.84. The second kappa shape index (κ2) is 7.13. The highest BCUT2D eigenvalue weighted by atomic mass is 16.5. The molecular formula is C19H26N2O3. The van der Waals surface area contributed by atoms with Gasteiger partial charge in [0.1, 0.15) is 5.76 Å². The third-order valence-corrected chi connectivity index (χ3v) is 5.36. The summed E-state index contributed by atoms with van der Waals surface area (Å²) < 4.78 is 16.8. The largest absolute Gasteiger partial charge is 0.472 e. The molecule has 0 unspecified atom stereocenters. The van der Waals surface area contributed by atoms with Crippen molar-refractivity contribution in [2.24, 2.45) is 11.8 Å². The van der Waals surface area contributed by atoms with E-state index in [0.29, 0.717) is 17.9 Å². The monoisotopic (exact) mass is 330 g/mol. The molecule has 5 heteroatoms. The second-order valence-electron chi connectivity index (χ2n) is 7.23. The highest BCUT2D eigenvalue weighted by Gasteiger charge is 2.40. The Morgan fingerprint density at radius 2 is 2.25 bits per heavy atom. The molecule has 0 spiro atoms. The van der Waals surface area contributed by atoms with E-state index < -0.39 is 0 Å². The summed E-state index contributed by atoms with van der Waals surface area (Å²) in [7, 11) is 2.15. The van der Waals surface area contributed by atoms with Gasteiger partial charge in [-0.15, -0.1) is 0 Å². The Kier molecular flexibility index (Phi) is 4.74. The normalized spacial score (nSPS) is 27.7. The van der Waals surface area contributed by atoms with E-state index in [1.165, 1.54) is 12.0 Å². The van der Waals surface area contributed by atoms with Crippen LogP contribution in [0.2, 0.25) is 0 Å². The first-order chi connectivity index (χ1) is 11.8.